The molecule has 1 amide bonds. The molecule has 0 radical (unpaired) electrons. The number of nitrogens with zero attached hydrogens (tertiary/aromatic N) is 3. The quantitative estimate of drug-likeness (QED) is 0.755. The highest BCUT2D eigenvalue weighted by Crippen LogP contribution is 2.09. The fraction of sp³-hybridized carbons (Fsp3) is 0.385. The van der Waals surface area contributed by atoms with Gasteiger partial charge in [-0.1, -0.05) is 12.6 Å². The zero-order valence-corrected chi connectivity index (χ0v) is 10.2. The number of hydrogen-bond acceptors (Lipinski definition) is 3. The Bertz CT molecular complexity index is 427. The van der Waals surface area contributed by atoms with Gasteiger partial charge >= 0.3 is 0 Å². The van der Waals surface area contributed by atoms with Crippen LogP contribution < -0.4 is 0 Å². The highest BCUT2D eigenvalue weighted by Gasteiger charge is 2.22. The lowest BCUT2D eigenvalue weighted by Gasteiger charge is -2.34. The zero-order chi connectivity index (χ0) is 13.0. The highest BCUT2D eigenvalue weighted by molar-refractivity contribution is 5.90. The monoisotopic (exact) mass is 249 g/mol. The van der Waals surface area contributed by atoms with Gasteiger partial charge in [-0.15, -0.1) is 0 Å². The summed E-state index contributed by atoms with van der Waals surface area (Å²) in [5.41, 5.74) is 1.01. The first-order valence-electron chi connectivity index (χ1n) is 5.93. The van der Waals surface area contributed by atoms with Crippen molar-refractivity contribution in [3.05, 3.63) is 42.5 Å². The van der Waals surface area contributed by atoms with Gasteiger partial charge < -0.3 is 4.90 Å². The van der Waals surface area contributed by atoms with E-state index >= 15 is 0 Å². The zero-order valence-electron chi connectivity index (χ0n) is 10.2. The first kappa shape index (κ1) is 12.7. The van der Waals surface area contributed by atoms with Crippen molar-refractivity contribution in [2.24, 2.45) is 0 Å². The molecule has 96 valence electrons. The summed E-state index contributed by atoms with van der Waals surface area (Å²) in [6.07, 6.45) is 1.77. The van der Waals surface area contributed by atoms with Crippen molar-refractivity contribution >= 4 is 5.91 Å². The summed E-state index contributed by atoms with van der Waals surface area (Å²) in [6.45, 7) is 6.33. The predicted molar refractivity (Wildman–Crippen MR) is 66.3 cm³/mol. The van der Waals surface area contributed by atoms with Crippen LogP contribution in [0.1, 0.15) is 5.69 Å². The van der Waals surface area contributed by atoms with Crippen molar-refractivity contribution in [1.82, 2.24) is 14.8 Å². The molecule has 4 nitrogen and oxygen atoms in total. The summed E-state index contributed by atoms with van der Waals surface area (Å²) in [6, 6.07) is 5.81. The molecule has 1 fully saturated rings. The maximum atomic E-state index is 12.7. The number of piperazine rings is 1. The molecule has 0 N–H and O–H groups in total. The molecule has 0 aromatic carbocycles. The van der Waals surface area contributed by atoms with Crippen molar-refractivity contribution < 1.29 is 9.18 Å². The Morgan fingerprint density at radius 3 is 2.61 bits per heavy atom. The van der Waals surface area contributed by atoms with Crippen LogP contribution in [0.25, 0.3) is 0 Å². The molecule has 1 aromatic rings. The lowest BCUT2D eigenvalue weighted by atomic mass is 10.2. The third kappa shape index (κ3) is 3.13. The fourth-order valence-corrected chi connectivity index (χ4v) is 2.00. The second kappa shape index (κ2) is 5.73. The minimum atomic E-state index is -0.881. The first-order valence-corrected chi connectivity index (χ1v) is 5.93. The van der Waals surface area contributed by atoms with Crippen LogP contribution in [-0.2, 0) is 11.3 Å². The Morgan fingerprint density at radius 2 is 2.06 bits per heavy atom. The van der Waals surface area contributed by atoms with Gasteiger partial charge in [-0.05, 0) is 12.1 Å². The summed E-state index contributed by atoms with van der Waals surface area (Å²) in [7, 11) is 0. The second-order valence-corrected chi connectivity index (χ2v) is 4.29. The molecule has 0 aliphatic carbocycles. The van der Waals surface area contributed by atoms with Crippen molar-refractivity contribution in [1.29, 1.82) is 0 Å². The van der Waals surface area contributed by atoms with E-state index in [1.54, 1.807) is 6.20 Å². The van der Waals surface area contributed by atoms with Gasteiger partial charge in [0.15, 0.2) is 5.83 Å². The molecule has 1 aromatic heterocycles. The van der Waals surface area contributed by atoms with Gasteiger partial charge in [-0.2, -0.15) is 0 Å². The summed E-state index contributed by atoms with van der Waals surface area (Å²) in [4.78, 5) is 19.3. The molecule has 0 saturated carbocycles. The number of carbonyl (C=O) groups excluding carboxylic acids is 1. The molecule has 1 aliphatic heterocycles. The molecule has 0 unspecified atom stereocenters. The molecule has 2 heterocycles. The van der Waals surface area contributed by atoms with Crippen LogP contribution in [0, 0.1) is 0 Å². The van der Waals surface area contributed by atoms with Gasteiger partial charge in [0.2, 0.25) is 0 Å². The van der Waals surface area contributed by atoms with Gasteiger partial charge in [0.1, 0.15) is 0 Å². The molecule has 0 bridgehead atoms. The highest BCUT2D eigenvalue weighted by atomic mass is 19.1. The molecular weight excluding hydrogens is 233 g/mol. The Labute approximate surface area is 106 Å². The topological polar surface area (TPSA) is 36.4 Å². The second-order valence-electron chi connectivity index (χ2n) is 4.29. The molecule has 0 spiro atoms. The molecule has 5 heteroatoms. The molecule has 0 atom stereocenters. The van der Waals surface area contributed by atoms with Gasteiger partial charge in [-0.3, -0.25) is 14.7 Å². The van der Waals surface area contributed by atoms with Gasteiger partial charge in [0, 0.05) is 38.9 Å². The third-order valence-corrected chi connectivity index (χ3v) is 3.00. The van der Waals surface area contributed by atoms with Crippen LogP contribution in [0.4, 0.5) is 4.39 Å². The van der Waals surface area contributed by atoms with E-state index in [-0.39, 0.29) is 0 Å². The van der Waals surface area contributed by atoms with E-state index in [0.29, 0.717) is 13.1 Å². The molecule has 2 rings (SSSR count). The van der Waals surface area contributed by atoms with Crippen molar-refractivity contribution in [3.8, 4) is 0 Å². The molecular formula is C13H16FN3O. The minimum absolute atomic E-state index is 0.536. The number of halogens is 1. The van der Waals surface area contributed by atoms with Crippen LogP contribution in [-0.4, -0.2) is 46.9 Å². The first-order chi connectivity index (χ1) is 8.66. The Morgan fingerprint density at radius 1 is 1.33 bits per heavy atom. The van der Waals surface area contributed by atoms with E-state index in [4.69, 9.17) is 0 Å². The molecule has 1 aliphatic rings. The smallest absolute Gasteiger partial charge is 0.282 e. The number of amides is 1. The number of hydrogen-bond donors (Lipinski definition) is 0. The maximum absolute atomic E-state index is 12.7. The predicted octanol–water partition coefficient (Wildman–Crippen LogP) is 1.21. The summed E-state index contributed by atoms with van der Waals surface area (Å²) in [5, 5.41) is 0. The summed E-state index contributed by atoms with van der Waals surface area (Å²) < 4.78 is 12.7. The lowest BCUT2D eigenvalue weighted by Crippen LogP contribution is -2.48. The average Bonchev–Trinajstić information content (AvgIpc) is 2.40. The lowest BCUT2D eigenvalue weighted by molar-refractivity contribution is -0.130. The van der Waals surface area contributed by atoms with Gasteiger partial charge in [0.05, 0.1) is 5.69 Å². The number of rotatable bonds is 3. The van der Waals surface area contributed by atoms with Gasteiger partial charge in [-0.25, -0.2) is 4.39 Å². The number of carbonyl (C=O) groups is 1. The minimum Gasteiger partial charge on any atom is -0.334 e. The van der Waals surface area contributed by atoms with E-state index < -0.39 is 11.7 Å². The van der Waals surface area contributed by atoms with Crippen LogP contribution in [0.3, 0.4) is 0 Å². The van der Waals surface area contributed by atoms with Crippen LogP contribution in [0.5, 0.6) is 0 Å². The fourth-order valence-electron chi connectivity index (χ4n) is 2.00. The van der Waals surface area contributed by atoms with E-state index in [1.165, 1.54) is 4.90 Å². The Balaban J connectivity index is 1.84. The SMILES string of the molecule is C=C(F)C(=O)N1CCN(Cc2ccccn2)CC1. The normalized spacial score (nSPS) is 16.6. The van der Waals surface area contributed by atoms with Crippen LogP contribution in [0.2, 0.25) is 0 Å². The molecule has 1 saturated heterocycles. The van der Waals surface area contributed by atoms with E-state index in [0.717, 1.165) is 25.3 Å². The Hall–Kier alpha value is -1.75. The van der Waals surface area contributed by atoms with E-state index in [2.05, 4.69) is 16.5 Å². The van der Waals surface area contributed by atoms with E-state index in [1.807, 2.05) is 18.2 Å². The third-order valence-electron chi connectivity index (χ3n) is 3.00. The standard InChI is InChI=1S/C13H16FN3O/c1-11(14)13(18)17-8-6-16(7-9-17)10-12-4-2-3-5-15-12/h2-5H,1,6-10H2. The van der Waals surface area contributed by atoms with Crippen LogP contribution in [0.15, 0.2) is 36.8 Å². The number of aromatic nitrogens is 1. The van der Waals surface area contributed by atoms with Crippen molar-refractivity contribution in [3.63, 3.8) is 0 Å². The maximum Gasteiger partial charge on any atom is 0.282 e. The van der Waals surface area contributed by atoms with Gasteiger partial charge in [0.25, 0.3) is 5.91 Å². The summed E-state index contributed by atoms with van der Waals surface area (Å²) in [5.74, 6) is -1.47. The van der Waals surface area contributed by atoms with E-state index in [9.17, 15) is 9.18 Å². The summed E-state index contributed by atoms with van der Waals surface area (Å²) >= 11 is 0. The van der Waals surface area contributed by atoms with Crippen molar-refractivity contribution in [2.45, 2.75) is 6.54 Å². The number of pyridine rings is 1. The Kier molecular flexibility index (Phi) is 4.04. The molecule has 18 heavy (non-hydrogen) atoms. The largest absolute Gasteiger partial charge is 0.334 e. The average molecular weight is 249 g/mol. The van der Waals surface area contributed by atoms with Crippen molar-refractivity contribution in [2.75, 3.05) is 26.2 Å². The van der Waals surface area contributed by atoms with Crippen LogP contribution >= 0.6 is 0 Å².